The third-order valence-electron chi connectivity index (χ3n) is 3.08. The molecule has 0 saturated carbocycles. The van der Waals surface area contributed by atoms with Crippen molar-refractivity contribution in [3.05, 3.63) is 63.7 Å². The van der Waals surface area contributed by atoms with Crippen molar-refractivity contribution in [1.29, 1.82) is 0 Å². The molecule has 0 unspecified atom stereocenters. The van der Waals surface area contributed by atoms with Crippen molar-refractivity contribution >= 4 is 40.1 Å². The molecule has 0 aliphatic heterocycles. The number of halogens is 1. The van der Waals surface area contributed by atoms with Gasteiger partial charge in [0, 0.05) is 16.2 Å². The van der Waals surface area contributed by atoms with Crippen molar-refractivity contribution in [3.63, 3.8) is 0 Å². The van der Waals surface area contributed by atoms with Crippen molar-refractivity contribution in [2.24, 2.45) is 0 Å². The summed E-state index contributed by atoms with van der Waals surface area (Å²) in [6.45, 7) is 1.45. The summed E-state index contributed by atoms with van der Waals surface area (Å²) < 4.78 is 1.05. The Labute approximate surface area is 143 Å². The number of nitrogens with one attached hydrogen (secondary N) is 2. The Morgan fingerprint density at radius 1 is 1.09 bits per heavy atom. The van der Waals surface area contributed by atoms with Gasteiger partial charge in [-0.25, -0.2) is 0 Å². The van der Waals surface area contributed by atoms with E-state index >= 15 is 0 Å². The number of anilines is 1. The maximum Gasteiger partial charge on any atom is 0.226 e. The average molecular weight is 408 g/mol. The van der Waals surface area contributed by atoms with E-state index in [2.05, 4.69) is 33.2 Å². The first-order valence-electron chi connectivity index (χ1n) is 6.92. The Morgan fingerprint density at radius 2 is 1.82 bits per heavy atom. The molecule has 2 N–H and O–H groups in total. The SMILES string of the molecule is CC(=O)N[C@@H](CC(=O)Nc1cccc(I)c1)c1ccccc1. The van der Waals surface area contributed by atoms with Gasteiger partial charge >= 0.3 is 0 Å². The van der Waals surface area contributed by atoms with Gasteiger partial charge in [-0.05, 0) is 46.4 Å². The van der Waals surface area contributed by atoms with Crippen LogP contribution in [-0.2, 0) is 9.59 Å². The molecule has 0 aliphatic rings. The normalized spacial score (nSPS) is 11.5. The summed E-state index contributed by atoms with van der Waals surface area (Å²) in [7, 11) is 0. The third-order valence-corrected chi connectivity index (χ3v) is 3.75. The molecule has 4 nitrogen and oxygen atoms in total. The first-order chi connectivity index (χ1) is 10.5. The maximum atomic E-state index is 12.2. The van der Waals surface area contributed by atoms with E-state index in [1.54, 1.807) is 0 Å². The molecule has 22 heavy (non-hydrogen) atoms. The first kappa shape index (κ1) is 16.5. The zero-order chi connectivity index (χ0) is 15.9. The van der Waals surface area contributed by atoms with Crippen molar-refractivity contribution in [2.45, 2.75) is 19.4 Å². The summed E-state index contributed by atoms with van der Waals surface area (Å²) in [6.07, 6.45) is 0.190. The third kappa shape index (κ3) is 5.14. The van der Waals surface area contributed by atoms with E-state index in [9.17, 15) is 9.59 Å². The van der Waals surface area contributed by atoms with E-state index in [4.69, 9.17) is 0 Å². The van der Waals surface area contributed by atoms with Crippen LogP contribution < -0.4 is 10.6 Å². The molecule has 0 heterocycles. The van der Waals surface area contributed by atoms with E-state index in [1.807, 2.05) is 54.6 Å². The number of hydrogen-bond donors (Lipinski definition) is 2. The summed E-state index contributed by atoms with van der Waals surface area (Å²) in [5.41, 5.74) is 1.67. The molecule has 2 rings (SSSR count). The molecule has 0 fully saturated rings. The van der Waals surface area contributed by atoms with Gasteiger partial charge in [0.15, 0.2) is 0 Å². The number of hydrogen-bond acceptors (Lipinski definition) is 2. The van der Waals surface area contributed by atoms with E-state index in [0.717, 1.165) is 14.8 Å². The molecule has 0 spiro atoms. The smallest absolute Gasteiger partial charge is 0.226 e. The highest BCUT2D eigenvalue weighted by Gasteiger charge is 2.17. The standard InChI is InChI=1S/C17H17IN2O2/c1-12(21)19-16(13-6-3-2-4-7-13)11-17(22)20-15-9-5-8-14(18)10-15/h2-10,16H,11H2,1H3,(H,19,21)(H,20,22)/t16-/m0/s1. The molecule has 2 amide bonds. The van der Waals surface area contributed by atoms with Crippen LogP contribution in [0.25, 0.3) is 0 Å². The van der Waals surface area contributed by atoms with Gasteiger partial charge in [-0.3, -0.25) is 9.59 Å². The highest BCUT2D eigenvalue weighted by Crippen LogP contribution is 2.18. The molecule has 5 heteroatoms. The molecule has 2 aromatic rings. The lowest BCUT2D eigenvalue weighted by Crippen LogP contribution is -2.29. The molecule has 0 saturated heterocycles. The monoisotopic (exact) mass is 408 g/mol. The van der Waals surface area contributed by atoms with Crippen LogP contribution in [0.1, 0.15) is 24.9 Å². The molecule has 0 bridgehead atoms. The quantitative estimate of drug-likeness (QED) is 0.745. The Morgan fingerprint density at radius 3 is 2.45 bits per heavy atom. The van der Waals surface area contributed by atoms with Crippen LogP contribution in [0.3, 0.4) is 0 Å². The number of amides is 2. The minimum absolute atomic E-state index is 0.135. The highest BCUT2D eigenvalue weighted by atomic mass is 127. The number of benzene rings is 2. The van der Waals surface area contributed by atoms with Gasteiger partial charge in [0.1, 0.15) is 0 Å². The molecule has 0 aliphatic carbocycles. The number of carbonyl (C=O) groups is 2. The second kappa shape index (κ2) is 7.93. The molecular formula is C17H17IN2O2. The fourth-order valence-corrected chi connectivity index (χ4v) is 2.69. The zero-order valence-corrected chi connectivity index (χ0v) is 14.3. The van der Waals surface area contributed by atoms with Crippen molar-refractivity contribution in [2.75, 3.05) is 5.32 Å². The van der Waals surface area contributed by atoms with Gasteiger partial charge in [-0.2, -0.15) is 0 Å². The molecule has 0 aromatic heterocycles. The molecular weight excluding hydrogens is 391 g/mol. The van der Waals surface area contributed by atoms with E-state index in [-0.39, 0.29) is 24.3 Å². The Kier molecular flexibility index (Phi) is 5.94. The van der Waals surface area contributed by atoms with Crippen LogP contribution in [0, 0.1) is 3.57 Å². The predicted molar refractivity (Wildman–Crippen MR) is 95.4 cm³/mol. The lowest BCUT2D eigenvalue weighted by Gasteiger charge is -2.18. The number of carbonyl (C=O) groups excluding carboxylic acids is 2. The van der Waals surface area contributed by atoms with Crippen molar-refractivity contribution in [1.82, 2.24) is 5.32 Å². The van der Waals surface area contributed by atoms with Gasteiger partial charge < -0.3 is 10.6 Å². The Hall–Kier alpha value is -1.89. The fourth-order valence-electron chi connectivity index (χ4n) is 2.15. The van der Waals surface area contributed by atoms with Crippen molar-refractivity contribution in [3.8, 4) is 0 Å². The summed E-state index contributed by atoms with van der Waals surface area (Å²) in [5.74, 6) is -0.291. The van der Waals surface area contributed by atoms with Crippen LogP contribution in [0.5, 0.6) is 0 Å². The molecule has 0 radical (unpaired) electrons. The molecule has 2 aromatic carbocycles. The van der Waals surface area contributed by atoms with E-state index in [0.29, 0.717) is 0 Å². The minimum Gasteiger partial charge on any atom is -0.349 e. The average Bonchev–Trinajstić information content (AvgIpc) is 2.47. The summed E-state index contributed by atoms with van der Waals surface area (Å²) in [4.78, 5) is 23.6. The van der Waals surface area contributed by atoms with Gasteiger partial charge in [-0.1, -0.05) is 36.4 Å². The van der Waals surface area contributed by atoms with Crippen LogP contribution in [0.4, 0.5) is 5.69 Å². The molecule has 114 valence electrons. The van der Waals surface area contributed by atoms with Crippen LogP contribution >= 0.6 is 22.6 Å². The largest absolute Gasteiger partial charge is 0.349 e. The first-order valence-corrected chi connectivity index (χ1v) is 8.00. The van der Waals surface area contributed by atoms with Crippen molar-refractivity contribution < 1.29 is 9.59 Å². The Balaban J connectivity index is 2.06. The lowest BCUT2D eigenvalue weighted by molar-refractivity contribution is -0.120. The fraction of sp³-hybridized carbons (Fsp3) is 0.176. The van der Waals surface area contributed by atoms with Gasteiger partial charge in [0.25, 0.3) is 0 Å². The van der Waals surface area contributed by atoms with Gasteiger partial charge in [0.05, 0.1) is 12.5 Å². The summed E-state index contributed by atoms with van der Waals surface area (Å²) in [6, 6.07) is 16.7. The van der Waals surface area contributed by atoms with Crippen LogP contribution in [0.2, 0.25) is 0 Å². The topological polar surface area (TPSA) is 58.2 Å². The van der Waals surface area contributed by atoms with Crippen LogP contribution in [0.15, 0.2) is 54.6 Å². The Bertz CT molecular complexity index is 659. The summed E-state index contributed by atoms with van der Waals surface area (Å²) in [5, 5.41) is 5.68. The second-order valence-electron chi connectivity index (χ2n) is 4.93. The van der Waals surface area contributed by atoms with Gasteiger partial charge in [-0.15, -0.1) is 0 Å². The maximum absolute atomic E-state index is 12.2. The van der Waals surface area contributed by atoms with E-state index < -0.39 is 0 Å². The highest BCUT2D eigenvalue weighted by molar-refractivity contribution is 14.1. The van der Waals surface area contributed by atoms with E-state index in [1.165, 1.54) is 6.92 Å². The second-order valence-corrected chi connectivity index (χ2v) is 6.17. The zero-order valence-electron chi connectivity index (χ0n) is 12.2. The van der Waals surface area contributed by atoms with Gasteiger partial charge in [0.2, 0.25) is 11.8 Å². The predicted octanol–water partition coefficient (Wildman–Crippen LogP) is 3.50. The molecule has 1 atom stereocenters. The minimum atomic E-state index is -0.332. The summed E-state index contributed by atoms with van der Waals surface area (Å²) >= 11 is 2.19. The number of rotatable bonds is 5. The van der Waals surface area contributed by atoms with Crippen LogP contribution in [-0.4, -0.2) is 11.8 Å². The lowest BCUT2D eigenvalue weighted by atomic mass is 10.0.